The van der Waals surface area contributed by atoms with Crippen molar-refractivity contribution >= 4 is 35.0 Å². The van der Waals surface area contributed by atoms with E-state index in [-0.39, 0.29) is 23.6 Å². The maximum atomic E-state index is 12.9. The van der Waals surface area contributed by atoms with Gasteiger partial charge in [0.1, 0.15) is 11.8 Å². The van der Waals surface area contributed by atoms with Gasteiger partial charge in [0.15, 0.2) is 6.61 Å². The predicted octanol–water partition coefficient (Wildman–Crippen LogP) is 1.60. The van der Waals surface area contributed by atoms with Crippen molar-refractivity contribution in [3.05, 3.63) is 53.6 Å². The summed E-state index contributed by atoms with van der Waals surface area (Å²) in [7, 11) is 3.84. The molecule has 4 rings (SSSR count). The van der Waals surface area contributed by atoms with Crippen molar-refractivity contribution < 1.29 is 23.9 Å². The highest BCUT2D eigenvalue weighted by Crippen LogP contribution is 2.34. The lowest BCUT2D eigenvalue weighted by Gasteiger charge is -2.30. The number of hydrogen-bond acceptors (Lipinski definition) is 6. The molecule has 4 amide bonds. The van der Waals surface area contributed by atoms with Gasteiger partial charge in [-0.1, -0.05) is 12.1 Å². The molecule has 0 spiro atoms. The van der Waals surface area contributed by atoms with Crippen molar-refractivity contribution in [1.82, 2.24) is 9.80 Å². The van der Waals surface area contributed by atoms with E-state index in [0.717, 1.165) is 4.90 Å². The van der Waals surface area contributed by atoms with Gasteiger partial charge in [0.2, 0.25) is 5.91 Å². The third kappa shape index (κ3) is 3.82. The van der Waals surface area contributed by atoms with Crippen LogP contribution >= 0.6 is 0 Å². The molecule has 166 valence electrons. The number of nitrogens with one attached hydrogen (secondary N) is 1. The normalized spacial score (nSPS) is 16.1. The molecule has 9 heteroatoms. The Bertz CT molecular complexity index is 1080. The lowest BCUT2D eigenvalue weighted by molar-refractivity contribution is -0.121. The quantitative estimate of drug-likeness (QED) is 0.691. The van der Waals surface area contributed by atoms with Crippen LogP contribution in [0, 0.1) is 0 Å². The van der Waals surface area contributed by atoms with Crippen LogP contribution in [-0.2, 0) is 9.59 Å². The fraction of sp³-hybridized carbons (Fsp3) is 0.304. The van der Waals surface area contributed by atoms with Gasteiger partial charge in [0.05, 0.1) is 16.8 Å². The number of anilines is 2. The summed E-state index contributed by atoms with van der Waals surface area (Å²) in [6, 6.07) is 10.5. The molecule has 9 nitrogen and oxygen atoms in total. The van der Waals surface area contributed by atoms with Crippen molar-refractivity contribution in [1.29, 1.82) is 0 Å². The van der Waals surface area contributed by atoms with E-state index < -0.39 is 23.8 Å². The van der Waals surface area contributed by atoms with Crippen LogP contribution in [-0.4, -0.2) is 73.3 Å². The molecule has 2 aliphatic rings. The topological polar surface area (TPSA) is 99.3 Å². The van der Waals surface area contributed by atoms with Crippen molar-refractivity contribution in [3.8, 4) is 5.75 Å². The first-order chi connectivity index (χ1) is 15.3. The monoisotopic (exact) mass is 436 g/mol. The summed E-state index contributed by atoms with van der Waals surface area (Å²) < 4.78 is 5.51. The molecular weight excluding hydrogens is 412 g/mol. The highest BCUT2D eigenvalue weighted by atomic mass is 16.5. The van der Waals surface area contributed by atoms with E-state index in [2.05, 4.69) is 5.32 Å². The average Bonchev–Trinajstić information content (AvgIpc) is 3.02. The second-order valence-electron chi connectivity index (χ2n) is 8.01. The molecule has 2 aromatic rings. The van der Waals surface area contributed by atoms with E-state index in [1.54, 1.807) is 47.4 Å². The molecule has 2 aliphatic heterocycles. The van der Waals surface area contributed by atoms with Gasteiger partial charge in [-0.3, -0.25) is 24.1 Å². The molecule has 32 heavy (non-hydrogen) atoms. The Balaban J connectivity index is 1.52. The summed E-state index contributed by atoms with van der Waals surface area (Å²) in [5, 5.41) is 2.75. The second kappa shape index (κ2) is 8.43. The number of fused-ring (bicyclic) bond motifs is 2. The number of amides is 4. The van der Waals surface area contributed by atoms with E-state index >= 15 is 0 Å². The maximum absolute atomic E-state index is 12.9. The lowest BCUT2D eigenvalue weighted by atomic mass is 10.1. The Morgan fingerprint density at radius 3 is 2.38 bits per heavy atom. The molecule has 0 aliphatic carbocycles. The van der Waals surface area contributed by atoms with Crippen LogP contribution in [0.5, 0.6) is 5.75 Å². The minimum Gasteiger partial charge on any atom is -0.482 e. The summed E-state index contributed by atoms with van der Waals surface area (Å²) in [6.07, 6.45) is 0. The minimum atomic E-state index is -1.01. The first kappa shape index (κ1) is 21.5. The zero-order chi connectivity index (χ0) is 23.0. The smallest absolute Gasteiger partial charge is 0.265 e. The van der Waals surface area contributed by atoms with Gasteiger partial charge in [-0.15, -0.1) is 0 Å². The molecule has 0 saturated heterocycles. The zero-order valence-electron chi connectivity index (χ0n) is 18.1. The van der Waals surface area contributed by atoms with E-state index in [1.165, 1.54) is 6.92 Å². The van der Waals surface area contributed by atoms with Crippen LogP contribution < -0.4 is 15.0 Å². The Morgan fingerprint density at radius 1 is 1.09 bits per heavy atom. The molecule has 1 N–H and O–H groups in total. The first-order valence-corrected chi connectivity index (χ1v) is 10.3. The van der Waals surface area contributed by atoms with Crippen molar-refractivity contribution in [2.75, 3.05) is 44.0 Å². The number of imide groups is 1. The van der Waals surface area contributed by atoms with Crippen molar-refractivity contribution in [3.63, 3.8) is 0 Å². The average molecular weight is 436 g/mol. The third-order valence-electron chi connectivity index (χ3n) is 5.53. The van der Waals surface area contributed by atoms with Crippen LogP contribution in [0.4, 0.5) is 11.4 Å². The van der Waals surface area contributed by atoms with E-state index in [0.29, 0.717) is 30.2 Å². The molecule has 2 heterocycles. The second-order valence-corrected chi connectivity index (χ2v) is 8.01. The molecule has 0 bridgehead atoms. The Hall–Kier alpha value is -3.72. The van der Waals surface area contributed by atoms with Crippen LogP contribution in [0.1, 0.15) is 27.6 Å². The van der Waals surface area contributed by atoms with Crippen LogP contribution in [0.25, 0.3) is 0 Å². The predicted molar refractivity (Wildman–Crippen MR) is 118 cm³/mol. The molecule has 0 saturated carbocycles. The van der Waals surface area contributed by atoms with E-state index in [1.807, 2.05) is 19.0 Å². The van der Waals surface area contributed by atoms with Crippen LogP contribution in [0.15, 0.2) is 42.5 Å². The third-order valence-corrected chi connectivity index (χ3v) is 5.53. The highest BCUT2D eigenvalue weighted by molar-refractivity contribution is 6.23. The summed E-state index contributed by atoms with van der Waals surface area (Å²) >= 11 is 0. The number of hydrogen-bond donors (Lipinski definition) is 1. The van der Waals surface area contributed by atoms with Gasteiger partial charge in [0, 0.05) is 18.8 Å². The molecule has 0 fully saturated rings. The molecular formula is C23H24N4O5. The number of ether oxygens (including phenoxy) is 1. The van der Waals surface area contributed by atoms with Gasteiger partial charge in [-0.2, -0.15) is 0 Å². The Kier molecular flexibility index (Phi) is 5.67. The summed E-state index contributed by atoms with van der Waals surface area (Å²) in [5.41, 5.74) is 1.58. The Morgan fingerprint density at radius 2 is 1.75 bits per heavy atom. The number of nitrogens with zero attached hydrogens (tertiary/aromatic N) is 3. The van der Waals surface area contributed by atoms with E-state index in [4.69, 9.17) is 4.74 Å². The molecule has 0 aromatic heterocycles. The minimum absolute atomic E-state index is 0.0388. The number of rotatable bonds is 6. The largest absolute Gasteiger partial charge is 0.482 e. The van der Waals surface area contributed by atoms with Crippen LogP contribution in [0.2, 0.25) is 0 Å². The SMILES string of the molecule is CC(C(=O)Nc1ccc2c(c1)N(CCN(C)C)C(=O)CO2)N1C(=O)c2ccccc2C1=O. The molecule has 1 atom stereocenters. The maximum Gasteiger partial charge on any atom is 0.265 e. The van der Waals surface area contributed by atoms with Crippen molar-refractivity contribution in [2.45, 2.75) is 13.0 Å². The van der Waals surface area contributed by atoms with Gasteiger partial charge in [-0.25, -0.2) is 0 Å². The fourth-order valence-electron chi connectivity index (χ4n) is 3.75. The van der Waals surface area contributed by atoms with Gasteiger partial charge < -0.3 is 19.9 Å². The first-order valence-electron chi connectivity index (χ1n) is 10.3. The number of carbonyl (C=O) groups excluding carboxylic acids is 4. The standard InChI is InChI=1S/C23H24N4O5/c1-14(27-22(30)16-6-4-5-7-17(16)23(27)31)21(29)24-15-8-9-19-18(12-15)26(11-10-25(2)3)20(28)13-32-19/h4-9,12,14H,10-11,13H2,1-3H3,(H,24,29). The molecule has 0 radical (unpaired) electrons. The summed E-state index contributed by atoms with van der Waals surface area (Å²) in [6.45, 7) is 2.61. The van der Waals surface area contributed by atoms with Crippen LogP contribution in [0.3, 0.4) is 0 Å². The van der Waals surface area contributed by atoms with Gasteiger partial charge in [-0.05, 0) is 51.4 Å². The van der Waals surface area contributed by atoms with Crippen molar-refractivity contribution in [2.24, 2.45) is 0 Å². The molecule has 2 aromatic carbocycles. The lowest BCUT2D eigenvalue weighted by Crippen LogP contribution is -2.45. The van der Waals surface area contributed by atoms with E-state index in [9.17, 15) is 19.2 Å². The Labute approximate surface area is 185 Å². The fourth-order valence-corrected chi connectivity index (χ4v) is 3.75. The summed E-state index contributed by atoms with van der Waals surface area (Å²) in [4.78, 5) is 55.2. The zero-order valence-corrected chi connectivity index (χ0v) is 18.1. The van der Waals surface area contributed by atoms with Gasteiger partial charge >= 0.3 is 0 Å². The number of likely N-dealkylation sites (N-methyl/N-ethyl adjacent to an activating group) is 1. The van der Waals surface area contributed by atoms with Gasteiger partial charge in [0.25, 0.3) is 17.7 Å². The number of benzene rings is 2. The number of carbonyl (C=O) groups is 4. The molecule has 1 unspecified atom stereocenters. The summed E-state index contributed by atoms with van der Waals surface area (Å²) in [5.74, 6) is -1.11. The highest BCUT2D eigenvalue weighted by Gasteiger charge is 2.40.